The number of aryl methyl sites for hydroxylation is 2. The van der Waals surface area contributed by atoms with Crippen molar-refractivity contribution < 1.29 is 4.42 Å². The summed E-state index contributed by atoms with van der Waals surface area (Å²) in [7, 11) is 0. The van der Waals surface area contributed by atoms with E-state index in [1.165, 1.54) is 0 Å². The molecule has 9 heteroatoms. The third-order valence-corrected chi connectivity index (χ3v) is 5.70. The number of hydrogen-bond acceptors (Lipinski definition) is 7. The van der Waals surface area contributed by atoms with Gasteiger partial charge in [0.2, 0.25) is 0 Å². The van der Waals surface area contributed by atoms with Crippen molar-refractivity contribution in [1.82, 2.24) is 34.8 Å². The minimum Gasteiger partial charge on any atom is -0.402 e. The van der Waals surface area contributed by atoms with Crippen molar-refractivity contribution in [1.29, 1.82) is 0 Å². The van der Waals surface area contributed by atoms with E-state index in [-0.39, 0.29) is 6.04 Å². The van der Waals surface area contributed by atoms with Crippen LogP contribution in [-0.2, 0) is 6.42 Å². The fourth-order valence-corrected chi connectivity index (χ4v) is 4.19. The van der Waals surface area contributed by atoms with Gasteiger partial charge in [-0.3, -0.25) is 0 Å². The number of aromatic amines is 1. The van der Waals surface area contributed by atoms with Gasteiger partial charge in [-0.1, -0.05) is 17.2 Å². The van der Waals surface area contributed by atoms with Crippen molar-refractivity contribution in [3.8, 4) is 11.6 Å². The lowest BCUT2D eigenvalue weighted by molar-refractivity contribution is 0.502. The van der Waals surface area contributed by atoms with E-state index in [4.69, 9.17) is 9.52 Å². The first kappa shape index (κ1) is 17.8. The highest BCUT2D eigenvalue weighted by molar-refractivity contribution is 5.57. The molecule has 1 aliphatic heterocycles. The Morgan fingerprint density at radius 2 is 2.06 bits per heavy atom. The van der Waals surface area contributed by atoms with Crippen LogP contribution in [0.3, 0.4) is 0 Å². The maximum atomic E-state index is 6.07. The predicted molar refractivity (Wildman–Crippen MR) is 114 cm³/mol. The molecule has 1 atom stereocenters. The molecule has 0 aliphatic carbocycles. The molecular formula is C22H20N8O. The zero-order chi connectivity index (χ0) is 20.9. The third-order valence-electron chi connectivity index (χ3n) is 5.70. The number of nitrogens with zero attached hydrogens (tertiary/aromatic N) is 7. The van der Waals surface area contributed by atoms with E-state index < -0.39 is 0 Å². The SMILES string of the molecule is Cc1cccc(-c2nnc(N3CCc4[nH]cnc4[C@@H]3c3cc4c(C)cccn4n3)o2)n1. The number of nitrogens with one attached hydrogen (secondary N) is 1. The fourth-order valence-electron chi connectivity index (χ4n) is 4.19. The molecule has 0 saturated heterocycles. The first-order valence-corrected chi connectivity index (χ1v) is 10.2. The van der Waals surface area contributed by atoms with Gasteiger partial charge in [-0.25, -0.2) is 14.5 Å². The second kappa shape index (κ2) is 6.76. The summed E-state index contributed by atoms with van der Waals surface area (Å²) < 4.78 is 7.98. The molecule has 0 spiro atoms. The zero-order valence-corrected chi connectivity index (χ0v) is 17.1. The standard InChI is InChI=1S/C22H20N8O/c1-13-5-4-9-30-18(13)11-17(28-30)20-19-15(23-12-24-19)8-10-29(20)22-27-26-21(31-22)16-7-3-6-14(2)25-16/h3-7,9,11-12,20H,8,10H2,1-2H3,(H,23,24)/t20-/m0/s1. The Morgan fingerprint density at radius 3 is 2.94 bits per heavy atom. The van der Waals surface area contributed by atoms with Crippen molar-refractivity contribution in [2.24, 2.45) is 0 Å². The molecule has 0 aromatic carbocycles. The van der Waals surface area contributed by atoms with Crippen molar-refractivity contribution in [2.45, 2.75) is 26.3 Å². The maximum absolute atomic E-state index is 6.07. The van der Waals surface area contributed by atoms with Gasteiger partial charge in [-0.15, -0.1) is 5.10 Å². The van der Waals surface area contributed by atoms with Crippen LogP contribution in [0.1, 0.15) is 34.4 Å². The smallest absolute Gasteiger partial charge is 0.319 e. The molecule has 0 amide bonds. The second-order valence-electron chi connectivity index (χ2n) is 7.76. The number of rotatable bonds is 3. The van der Waals surface area contributed by atoms with E-state index in [2.05, 4.69) is 49.1 Å². The number of hydrogen-bond donors (Lipinski definition) is 1. The van der Waals surface area contributed by atoms with Gasteiger partial charge in [0, 0.05) is 30.6 Å². The highest BCUT2D eigenvalue weighted by Crippen LogP contribution is 2.37. The van der Waals surface area contributed by atoms with E-state index in [0.717, 1.165) is 40.3 Å². The minimum atomic E-state index is -0.229. The third kappa shape index (κ3) is 2.89. The van der Waals surface area contributed by atoms with Crippen molar-refractivity contribution in [3.05, 3.63) is 77.3 Å². The quantitative estimate of drug-likeness (QED) is 0.485. The van der Waals surface area contributed by atoms with Gasteiger partial charge in [0.25, 0.3) is 5.89 Å². The molecule has 154 valence electrons. The normalized spacial score (nSPS) is 16.1. The Bertz CT molecular complexity index is 1400. The molecule has 5 aromatic rings. The van der Waals surface area contributed by atoms with E-state index >= 15 is 0 Å². The van der Waals surface area contributed by atoms with Crippen LogP contribution in [-0.4, -0.2) is 41.3 Å². The lowest BCUT2D eigenvalue weighted by Crippen LogP contribution is -2.36. The van der Waals surface area contributed by atoms with Gasteiger partial charge in [-0.05, 0) is 43.7 Å². The topological polar surface area (TPSA) is 101 Å². The minimum absolute atomic E-state index is 0.229. The predicted octanol–water partition coefficient (Wildman–Crippen LogP) is 3.27. The van der Waals surface area contributed by atoms with Gasteiger partial charge < -0.3 is 14.3 Å². The molecule has 1 N–H and O–H groups in total. The Labute approximate surface area is 177 Å². The maximum Gasteiger partial charge on any atom is 0.319 e. The average Bonchev–Trinajstić information content (AvgIpc) is 3.52. The number of H-pyrrole nitrogens is 1. The van der Waals surface area contributed by atoms with Crippen molar-refractivity contribution in [2.75, 3.05) is 11.4 Å². The van der Waals surface area contributed by atoms with Crippen LogP contribution >= 0.6 is 0 Å². The summed E-state index contributed by atoms with van der Waals surface area (Å²) in [5, 5.41) is 13.5. The summed E-state index contributed by atoms with van der Waals surface area (Å²) >= 11 is 0. The Kier molecular flexibility index (Phi) is 3.89. The highest BCUT2D eigenvalue weighted by Gasteiger charge is 2.36. The molecule has 0 radical (unpaired) electrons. The Hall–Kier alpha value is -4.01. The molecule has 6 rings (SSSR count). The van der Waals surface area contributed by atoms with E-state index in [9.17, 15) is 0 Å². The summed E-state index contributed by atoms with van der Waals surface area (Å²) in [6.45, 7) is 4.72. The van der Waals surface area contributed by atoms with Crippen LogP contribution in [0.2, 0.25) is 0 Å². The van der Waals surface area contributed by atoms with Crippen LogP contribution in [0.15, 0.2) is 53.3 Å². The van der Waals surface area contributed by atoms with Gasteiger partial charge >= 0.3 is 6.01 Å². The number of fused-ring (bicyclic) bond motifs is 2. The van der Waals surface area contributed by atoms with Crippen molar-refractivity contribution in [3.63, 3.8) is 0 Å². The first-order chi connectivity index (χ1) is 15.2. The molecule has 31 heavy (non-hydrogen) atoms. The van der Waals surface area contributed by atoms with Crippen LogP contribution in [0.4, 0.5) is 6.01 Å². The molecule has 1 aliphatic rings. The van der Waals surface area contributed by atoms with Crippen molar-refractivity contribution >= 4 is 11.5 Å². The molecule has 0 bridgehead atoms. The van der Waals surface area contributed by atoms with Gasteiger partial charge in [0.05, 0.1) is 23.2 Å². The van der Waals surface area contributed by atoms with Crippen LogP contribution < -0.4 is 4.90 Å². The molecule has 5 aromatic heterocycles. The molecule has 0 unspecified atom stereocenters. The molecule has 0 fully saturated rings. The molecule has 9 nitrogen and oxygen atoms in total. The largest absolute Gasteiger partial charge is 0.402 e. The summed E-state index contributed by atoms with van der Waals surface area (Å²) in [6, 6.07) is 12.1. The Balaban J connectivity index is 1.45. The van der Waals surface area contributed by atoms with Gasteiger partial charge in [0.1, 0.15) is 11.7 Å². The first-order valence-electron chi connectivity index (χ1n) is 10.2. The molecule has 0 saturated carbocycles. The Morgan fingerprint density at radius 1 is 1.13 bits per heavy atom. The lowest BCUT2D eigenvalue weighted by atomic mass is 10.00. The van der Waals surface area contributed by atoms with E-state index in [1.807, 2.05) is 41.9 Å². The monoisotopic (exact) mass is 412 g/mol. The number of anilines is 1. The van der Waals surface area contributed by atoms with Gasteiger partial charge in [-0.2, -0.15) is 5.10 Å². The average molecular weight is 412 g/mol. The molecule has 6 heterocycles. The number of pyridine rings is 2. The lowest BCUT2D eigenvalue weighted by Gasteiger charge is -2.32. The number of imidazole rings is 1. The van der Waals surface area contributed by atoms with Gasteiger partial charge in [0.15, 0.2) is 0 Å². The highest BCUT2D eigenvalue weighted by atomic mass is 16.4. The van der Waals surface area contributed by atoms with Crippen LogP contribution in [0.5, 0.6) is 0 Å². The van der Waals surface area contributed by atoms with Crippen LogP contribution in [0.25, 0.3) is 17.1 Å². The van der Waals surface area contributed by atoms with Crippen LogP contribution in [0, 0.1) is 13.8 Å². The molecular weight excluding hydrogens is 392 g/mol. The summed E-state index contributed by atoms with van der Waals surface area (Å²) in [4.78, 5) is 14.4. The van der Waals surface area contributed by atoms with E-state index in [1.54, 1.807) is 6.33 Å². The number of aromatic nitrogens is 7. The summed E-state index contributed by atoms with van der Waals surface area (Å²) in [5.74, 6) is 0.399. The zero-order valence-electron chi connectivity index (χ0n) is 17.1. The summed E-state index contributed by atoms with van der Waals surface area (Å²) in [6.07, 6.45) is 4.50. The summed E-state index contributed by atoms with van der Waals surface area (Å²) in [5.41, 5.74) is 6.71. The fraction of sp³-hybridized carbons (Fsp3) is 0.227. The second-order valence-corrected chi connectivity index (χ2v) is 7.76. The van der Waals surface area contributed by atoms with E-state index in [0.29, 0.717) is 24.1 Å².